The first-order valence-corrected chi connectivity index (χ1v) is 10.4. The van der Waals surface area contributed by atoms with E-state index in [9.17, 15) is 0 Å². The Labute approximate surface area is 134 Å². The predicted molar refractivity (Wildman–Crippen MR) is 83.8 cm³/mol. The fourth-order valence-corrected chi connectivity index (χ4v) is 5.55. The van der Waals surface area contributed by atoms with Gasteiger partial charge in [-0.25, -0.2) is 0 Å². The third-order valence-corrected chi connectivity index (χ3v) is 6.95. The van der Waals surface area contributed by atoms with Crippen molar-refractivity contribution in [1.29, 1.82) is 0 Å². The molecular formula is C15H30O6Si. The van der Waals surface area contributed by atoms with Gasteiger partial charge in [0.25, 0.3) is 0 Å². The van der Waals surface area contributed by atoms with Crippen molar-refractivity contribution in [3.8, 4) is 0 Å². The van der Waals surface area contributed by atoms with E-state index in [4.69, 9.17) is 27.5 Å². The lowest BCUT2D eigenvalue weighted by molar-refractivity contribution is 0.0488. The Hall–Kier alpha value is -0.0231. The van der Waals surface area contributed by atoms with Crippen LogP contribution in [0.15, 0.2) is 0 Å². The second-order valence-electron chi connectivity index (χ2n) is 5.74. The van der Waals surface area contributed by atoms with E-state index in [1.165, 1.54) is 0 Å². The van der Waals surface area contributed by atoms with Crippen LogP contribution in [0, 0.1) is 5.92 Å². The standard InChI is InChI=1S/C15H30O6Si/c1-4-19-22(20-5-2,21-6-3)12-13(7-14-10-17-14)8-16-9-15-11-18-15/h13-15H,4-12H2,1-3H3. The summed E-state index contributed by atoms with van der Waals surface area (Å²) in [7, 11) is -2.63. The van der Waals surface area contributed by atoms with Crippen LogP contribution in [0.3, 0.4) is 0 Å². The van der Waals surface area contributed by atoms with E-state index < -0.39 is 8.80 Å². The van der Waals surface area contributed by atoms with E-state index in [1.807, 2.05) is 20.8 Å². The second kappa shape index (κ2) is 9.32. The van der Waals surface area contributed by atoms with E-state index in [0.29, 0.717) is 51.2 Å². The average Bonchev–Trinajstić information content (AvgIpc) is 3.34. The van der Waals surface area contributed by atoms with Gasteiger partial charge < -0.3 is 27.5 Å². The Morgan fingerprint density at radius 3 is 1.95 bits per heavy atom. The molecule has 0 N–H and O–H groups in total. The summed E-state index contributed by atoms with van der Waals surface area (Å²) in [5.74, 6) is 0.336. The van der Waals surface area contributed by atoms with Crippen molar-refractivity contribution >= 4 is 8.80 Å². The van der Waals surface area contributed by atoms with Crippen molar-refractivity contribution in [3.63, 3.8) is 0 Å². The Balaban J connectivity index is 1.88. The molecule has 2 aliphatic rings. The molecule has 22 heavy (non-hydrogen) atoms. The molecule has 3 atom stereocenters. The molecule has 0 spiro atoms. The third-order valence-electron chi connectivity index (χ3n) is 3.69. The van der Waals surface area contributed by atoms with Crippen molar-refractivity contribution in [1.82, 2.24) is 0 Å². The van der Waals surface area contributed by atoms with Crippen LogP contribution < -0.4 is 0 Å². The third kappa shape index (κ3) is 6.62. The van der Waals surface area contributed by atoms with Gasteiger partial charge in [0.15, 0.2) is 0 Å². The van der Waals surface area contributed by atoms with Crippen LogP contribution in [0.25, 0.3) is 0 Å². The minimum absolute atomic E-state index is 0.297. The molecule has 2 rings (SSSR count). The Bertz CT molecular complexity index is 291. The minimum Gasteiger partial charge on any atom is -0.378 e. The van der Waals surface area contributed by atoms with Gasteiger partial charge in [-0.1, -0.05) is 0 Å². The van der Waals surface area contributed by atoms with Crippen molar-refractivity contribution in [2.45, 2.75) is 45.4 Å². The molecule has 0 aromatic heterocycles. The molecule has 2 heterocycles. The zero-order chi connectivity index (χ0) is 15.8. The van der Waals surface area contributed by atoms with Crippen LogP contribution in [0.2, 0.25) is 6.04 Å². The number of epoxide rings is 2. The number of hydrogen-bond donors (Lipinski definition) is 0. The molecule has 0 radical (unpaired) electrons. The molecule has 7 heteroatoms. The zero-order valence-electron chi connectivity index (χ0n) is 14.0. The van der Waals surface area contributed by atoms with Crippen LogP contribution in [-0.2, 0) is 27.5 Å². The maximum absolute atomic E-state index is 5.96. The lowest BCUT2D eigenvalue weighted by Gasteiger charge is -2.31. The summed E-state index contributed by atoms with van der Waals surface area (Å²) < 4.78 is 34.2. The summed E-state index contributed by atoms with van der Waals surface area (Å²) in [6.45, 7) is 10.8. The topological polar surface area (TPSA) is 62.0 Å². The van der Waals surface area contributed by atoms with Gasteiger partial charge in [0.2, 0.25) is 0 Å². The molecule has 0 amide bonds. The fourth-order valence-electron chi connectivity index (χ4n) is 2.63. The smallest absolute Gasteiger partial charge is 0.378 e. The largest absolute Gasteiger partial charge is 0.501 e. The quantitative estimate of drug-likeness (QED) is 0.357. The summed E-state index contributed by atoms with van der Waals surface area (Å²) in [6.07, 6.45) is 1.64. The number of ether oxygens (including phenoxy) is 3. The lowest BCUT2D eigenvalue weighted by Crippen LogP contribution is -2.48. The summed E-state index contributed by atoms with van der Waals surface area (Å²) >= 11 is 0. The van der Waals surface area contributed by atoms with E-state index in [2.05, 4.69) is 0 Å². The van der Waals surface area contributed by atoms with Gasteiger partial charge in [-0.3, -0.25) is 0 Å². The van der Waals surface area contributed by atoms with Crippen LogP contribution >= 0.6 is 0 Å². The van der Waals surface area contributed by atoms with Crippen molar-refractivity contribution in [3.05, 3.63) is 0 Å². The first kappa shape index (κ1) is 18.3. The molecule has 2 saturated heterocycles. The predicted octanol–water partition coefficient (Wildman–Crippen LogP) is 1.86. The second-order valence-corrected chi connectivity index (χ2v) is 8.38. The first-order valence-electron chi connectivity index (χ1n) is 8.44. The van der Waals surface area contributed by atoms with E-state index >= 15 is 0 Å². The van der Waals surface area contributed by atoms with Crippen LogP contribution in [0.4, 0.5) is 0 Å². The molecule has 0 aromatic rings. The number of hydrogen-bond acceptors (Lipinski definition) is 6. The van der Waals surface area contributed by atoms with Gasteiger partial charge in [0, 0.05) is 32.5 Å². The Morgan fingerprint density at radius 2 is 1.50 bits per heavy atom. The first-order chi connectivity index (χ1) is 10.7. The van der Waals surface area contributed by atoms with E-state index in [-0.39, 0.29) is 0 Å². The molecule has 0 saturated carbocycles. The highest BCUT2D eigenvalue weighted by atomic mass is 28.4. The highest BCUT2D eigenvalue weighted by molar-refractivity contribution is 6.60. The summed E-state index contributed by atoms with van der Waals surface area (Å²) in [4.78, 5) is 0. The van der Waals surface area contributed by atoms with Gasteiger partial charge in [0.05, 0.1) is 25.9 Å². The van der Waals surface area contributed by atoms with Crippen LogP contribution in [0.1, 0.15) is 27.2 Å². The summed E-state index contributed by atoms with van der Waals surface area (Å²) in [5.41, 5.74) is 0. The van der Waals surface area contributed by atoms with Crippen LogP contribution in [0.5, 0.6) is 0 Å². The van der Waals surface area contributed by atoms with Crippen molar-refractivity contribution in [2.24, 2.45) is 5.92 Å². The molecule has 0 aromatic carbocycles. The van der Waals surface area contributed by atoms with E-state index in [0.717, 1.165) is 25.7 Å². The molecule has 2 fully saturated rings. The van der Waals surface area contributed by atoms with Gasteiger partial charge >= 0.3 is 8.80 Å². The van der Waals surface area contributed by atoms with Crippen molar-refractivity contribution < 1.29 is 27.5 Å². The molecule has 3 unspecified atom stereocenters. The summed E-state index contributed by atoms with van der Waals surface area (Å²) in [6, 6.07) is 0.786. The molecule has 2 aliphatic heterocycles. The van der Waals surface area contributed by atoms with E-state index in [1.54, 1.807) is 0 Å². The Kier molecular flexibility index (Phi) is 7.76. The maximum atomic E-state index is 5.96. The maximum Gasteiger partial charge on any atom is 0.501 e. The molecular weight excluding hydrogens is 304 g/mol. The molecule has 6 nitrogen and oxygen atoms in total. The highest BCUT2D eigenvalue weighted by Gasteiger charge is 2.44. The van der Waals surface area contributed by atoms with Gasteiger partial charge in [-0.05, 0) is 33.1 Å². The van der Waals surface area contributed by atoms with Crippen LogP contribution in [-0.4, -0.2) is 67.3 Å². The molecule has 130 valence electrons. The van der Waals surface area contributed by atoms with Crippen molar-refractivity contribution in [2.75, 3.05) is 46.2 Å². The van der Waals surface area contributed by atoms with Gasteiger partial charge in [-0.2, -0.15) is 0 Å². The highest BCUT2D eigenvalue weighted by Crippen LogP contribution is 2.29. The SMILES string of the molecule is CCO[Si](CC(COCC1CO1)CC1CO1)(OCC)OCC. The summed E-state index contributed by atoms with van der Waals surface area (Å²) in [5, 5.41) is 0. The average molecular weight is 334 g/mol. The van der Waals surface area contributed by atoms with Gasteiger partial charge in [0.1, 0.15) is 6.10 Å². The zero-order valence-corrected chi connectivity index (χ0v) is 15.0. The van der Waals surface area contributed by atoms with Gasteiger partial charge in [-0.15, -0.1) is 0 Å². The lowest BCUT2D eigenvalue weighted by atomic mass is 10.1. The number of rotatable bonds is 14. The molecule has 0 bridgehead atoms. The molecule has 0 aliphatic carbocycles. The normalized spacial score (nSPS) is 25.2. The monoisotopic (exact) mass is 334 g/mol. The minimum atomic E-state index is -2.63. The fraction of sp³-hybridized carbons (Fsp3) is 1.00. The Morgan fingerprint density at radius 1 is 0.955 bits per heavy atom.